The molecule has 2 aliphatic heterocycles. The molecule has 0 bridgehead atoms. The van der Waals surface area contributed by atoms with E-state index in [0.717, 1.165) is 32.4 Å². The van der Waals surface area contributed by atoms with Crippen molar-refractivity contribution in [3.05, 3.63) is 18.3 Å². The van der Waals surface area contributed by atoms with Gasteiger partial charge in [0.2, 0.25) is 5.88 Å². The van der Waals surface area contributed by atoms with E-state index < -0.39 is 0 Å². The quantitative estimate of drug-likeness (QED) is 0.820. The number of rotatable bonds is 2. The van der Waals surface area contributed by atoms with Gasteiger partial charge in [-0.15, -0.1) is 5.10 Å². The third kappa shape index (κ3) is 2.40. The summed E-state index contributed by atoms with van der Waals surface area (Å²) in [5.74, 6) is 0.590. The van der Waals surface area contributed by atoms with Crippen LogP contribution in [0.3, 0.4) is 0 Å². The first kappa shape index (κ1) is 10.9. The van der Waals surface area contributed by atoms with Gasteiger partial charge in [0, 0.05) is 18.7 Å². The highest BCUT2D eigenvalue weighted by atomic mass is 16.6. The lowest BCUT2D eigenvalue weighted by atomic mass is 9.89. The predicted molar refractivity (Wildman–Crippen MR) is 61.9 cm³/mol. The van der Waals surface area contributed by atoms with Crippen LogP contribution < -0.4 is 10.1 Å². The van der Waals surface area contributed by atoms with E-state index in [-0.39, 0.29) is 11.7 Å². The highest BCUT2D eigenvalue weighted by molar-refractivity contribution is 5.07. The highest BCUT2D eigenvalue weighted by Crippen LogP contribution is 2.35. The molecule has 1 N–H and O–H groups in total. The van der Waals surface area contributed by atoms with Crippen molar-refractivity contribution in [3.63, 3.8) is 0 Å². The fourth-order valence-electron chi connectivity index (χ4n) is 2.63. The molecule has 92 valence electrons. The van der Waals surface area contributed by atoms with Crippen LogP contribution in [0.15, 0.2) is 18.3 Å². The van der Waals surface area contributed by atoms with Crippen LogP contribution in [0.25, 0.3) is 0 Å². The molecule has 1 unspecified atom stereocenters. The molecule has 5 heteroatoms. The van der Waals surface area contributed by atoms with Crippen LogP contribution in [-0.4, -0.2) is 41.6 Å². The average Bonchev–Trinajstić information content (AvgIpc) is 2.74. The molecular formula is C12H17N3O2. The van der Waals surface area contributed by atoms with Crippen molar-refractivity contribution in [2.75, 3.05) is 19.7 Å². The zero-order valence-electron chi connectivity index (χ0n) is 9.76. The van der Waals surface area contributed by atoms with Gasteiger partial charge in [0.1, 0.15) is 6.10 Å². The maximum atomic E-state index is 5.95. The molecule has 2 saturated heterocycles. The Morgan fingerprint density at radius 2 is 2.29 bits per heavy atom. The SMILES string of the molecule is c1cnnc(OC2COC3(CCNCC3)C2)c1. The molecule has 0 amide bonds. The normalized spacial score (nSPS) is 27.2. The van der Waals surface area contributed by atoms with Crippen molar-refractivity contribution in [2.24, 2.45) is 0 Å². The van der Waals surface area contributed by atoms with E-state index in [0.29, 0.717) is 12.5 Å². The lowest BCUT2D eigenvalue weighted by Gasteiger charge is -2.32. The molecule has 2 aliphatic rings. The van der Waals surface area contributed by atoms with Gasteiger partial charge < -0.3 is 14.8 Å². The molecule has 3 rings (SSSR count). The maximum Gasteiger partial charge on any atom is 0.233 e. The molecular weight excluding hydrogens is 218 g/mol. The lowest BCUT2D eigenvalue weighted by Crippen LogP contribution is -2.41. The van der Waals surface area contributed by atoms with Gasteiger partial charge >= 0.3 is 0 Å². The summed E-state index contributed by atoms with van der Waals surface area (Å²) in [6.07, 6.45) is 4.88. The second-order valence-corrected chi connectivity index (χ2v) is 4.75. The van der Waals surface area contributed by atoms with E-state index in [1.807, 2.05) is 12.1 Å². The van der Waals surface area contributed by atoms with Crippen LogP contribution in [-0.2, 0) is 4.74 Å². The molecule has 0 saturated carbocycles. The van der Waals surface area contributed by atoms with Crippen molar-refractivity contribution in [2.45, 2.75) is 31.0 Å². The van der Waals surface area contributed by atoms with Gasteiger partial charge in [-0.25, -0.2) is 0 Å². The molecule has 5 nitrogen and oxygen atoms in total. The Bertz CT molecular complexity index is 365. The third-order valence-electron chi connectivity index (χ3n) is 3.53. The predicted octanol–water partition coefficient (Wildman–Crippen LogP) is 0.766. The standard InChI is InChI=1S/C12H17N3O2/c1-2-11(15-14-5-1)17-10-8-12(16-9-10)3-6-13-7-4-12/h1-2,5,10,13H,3-4,6-9H2. The molecule has 0 aromatic carbocycles. The lowest BCUT2D eigenvalue weighted by molar-refractivity contribution is -0.0206. The van der Waals surface area contributed by atoms with Gasteiger partial charge in [0.05, 0.1) is 12.2 Å². The Kier molecular flexibility index (Phi) is 2.94. The molecule has 1 aromatic heterocycles. The summed E-state index contributed by atoms with van der Waals surface area (Å²) in [5.41, 5.74) is 0.0398. The smallest absolute Gasteiger partial charge is 0.233 e. The Morgan fingerprint density at radius 1 is 1.41 bits per heavy atom. The second kappa shape index (κ2) is 4.58. The Hall–Kier alpha value is -1.20. The molecule has 0 radical (unpaired) electrons. The fourth-order valence-corrected chi connectivity index (χ4v) is 2.63. The van der Waals surface area contributed by atoms with Crippen molar-refractivity contribution in [1.82, 2.24) is 15.5 Å². The topological polar surface area (TPSA) is 56.3 Å². The number of hydrogen-bond donors (Lipinski definition) is 1. The molecule has 1 spiro atoms. The van der Waals surface area contributed by atoms with Gasteiger partial charge in [0.25, 0.3) is 0 Å². The van der Waals surface area contributed by atoms with E-state index in [1.54, 1.807) is 6.20 Å². The van der Waals surface area contributed by atoms with Crippen molar-refractivity contribution in [1.29, 1.82) is 0 Å². The molecule has 0 aliphatic carbocycles. The second-order valence-electron chi connectivity index (χ2n) is 4.75. The molecule has 17 heavy (non-hydrogen) atoms. The number of nitrogens with zero attached hydrogens (tertiary/aromatic N) is 2. The largest absolute Gasteiger partial charge is 0.471 e. The van der Waals surface area contributed by atoms with Crippen LogP contribution >= 0.6 is 0 Å². The molecule has 3 heterocycles. The number of piperidine rings is 1. The van der Waals surface area contributed by atoms with Crippen LogP contribution in [0.2, 0.25) is 0 Å². The minimum absolute atomic E-state index is 0.0398. The number of aromatic nitrogens is 2. The van der Waals surface area contributed by atoms with Crippen LogP contribution in [0.5, 0.6) is 5.88 Å². The first-order valence-electron chi connectivity index (χ1n) is 6.15. The Balaban J connectivity index is 1.60. The van der Waals surface area contributed by atoms with Crippen LogP contribution in [0, 0.1) is 0 Å². The van der Waals surface area contributed by atoms with E-state index >= 15 is 0 Å². The minimum atomic E-state index is 0.0398. The fraction of sp³-hybridized carbons (Fsp3) is 0.667. The summed E-state index contributed by atoms with van der Waals surface area (Å²) in [7, 11) is 0. The number of ether oxygens (including phenoxy) is 2. The average molecular weight is 235 g/mol. The summed E-state index contributed by atoms with van der Waals surface area (Å²) < 4.78 is 11.7. The summed E-state index contributed by atoms with van der Waals surface area (Å²) in [5, 5.41) is 11.1. The monoisotopic (exact) mass is 235 g/mol. The van der Waals surface area contributed by atoms with Crippen LogP contribution in [0.4, 0.5) is 0 Å². The summed E-state index contributed by atoms with van der Waals surface area (Å²) in [4.78, 5) is 0. The van der Waals surface area contributed by atoms with Gasteiger partial charge in [-0.3, -0.25) is 0 Å². The summed E-state index contributed by atoms with van der Waals surface area (Å²) in [6, 6.07) is 3.67. The van der Waals surface area contributed by atoms with E-state index in [9.17, 15) is 0 Å². The molecule has 1 aromatic rings. The number of hydrogen-bond acceptors (Lipinski definition) is 5. The minimum Gasteiger partial charge on any atom is -0.471 e. The Labute approximate surface area is 101 Å². The van der Waals surface area contributed by atoms with Crippen LogP contribution in [0.1, 0.15) is 19.3 Å². The number of nitrogens with one attached hydrogen (secondary N) is 1. The van der Waals surface area contributed by atoms with Gasteiger partial charge in [0.15, 0.2) is 0 Å². The highest BCUT2D eigenvalue weighted by Gasteiger charge is 2.42. The first-order valence-corrected chi connectivity index (χ1v) is 6.15. The van der Waals surface area contributed by atoms with Crippen molar-refractivity contribution >= 4 is 0 Å². The van der Waals surface area contributed by atoms with Gasteiger partial charge in [-0.05, 0) is 32.0 Å². The zero-order valence-corrected chi connectivity index (χ0v) is 9.76. The van der Waals surface area contributed by atoms with Crippen molar-refractivity contribution in [3.8, 4) is 5.88 Å². The van der Waals surface area contributed by atoms with Crippen molar-refractivity contribution < 1.29 is 9.47 Å². The maximum absolute atomic E-state index is 5.95. The summed E-state index contributed by atoms with van der Waals surface area (Å²) in [6.45, 7) is 2.74. The molecule has 2 fully saturated rings. The van der Waals surface area contributed by atoms with E-state index in [2.05, 4.69) is 15.5 Å². The van der Waals surface area contributed by atoms with E-state index in [1.165, 1.54) is 0 Å². The third-order valence-corrected chi connectivity index (χ3v) is 3.53. The summed E-state index contributed by atoms with van der Waals surface area (Å²) >= 11 is 0. The van der Waals surface area contributed by atoms with E-state index in [4.69, 9.17) is 9.47 Å². The van der Waals surface area contributed by atoms with Gasteiger partial charge in [-0.2, -0.15) is 5.10 Å². The zero-order chi connectivity index (χ0) is 11.6. The van der Waals surface area contributed by atoms with Gasteiger partial charge in [-0.1, -0.05) is 0 Å². The Morgan fingerprint density at radius 3 is 3.06 bits per heavy atom. The molecule has 1 atom stereocenters. The first-order chi connectivity index (χ1) is 8.36.